The summed E-state index contributed by atoms with van der Waals surface area (Å²) < 4.78 is 5.29. The van der Waals surface area contributed by atoms with Crippen molar-refractivity contribution >= 4 is 23.5 Å². The summed E-state index contributed by atoms with van der Waals surface area (Å²) >= 11 is 6.18. The number of rotatable bonds is 7. The minimum atomic E-state index is 0.101. The first-order valence-corrected chi connectivity index (χ1v) is 6.56. The van der Waals surface area contributed by atoms with Crippen LogP contribution in [-0.4, -0.2) is 25.0 Å². The highest BCUT2D eigenvalue weighted by molar-refractivity contribution is 6.70. The van der Waals surface area contributed by atoms with Crippen molar-refractivity contribution in [2.24, 2.45) is 15.9 Å². The van der Waals surface area contributed by atoms with Crippen LogP contribution in [0.15, 0.2) is 45.7 Å². The van der Waals surface area contributed by atoms with Gasteiger partial charge in [-0.25, -0.2) is 0 Å². The van der Waals surface area contributed by atoms with Gasteiger partial charge in [0.2, 0.25) is 0 Å². The third-order valence-corrected chi connectivity index (χ3v) is 2.62. The summed E-state index contributed by atoms with van der Waals surface area (Å²) in [6.07, 6.45) is 3.67. The molecule has 0 radical (unpaired) electrons. The first-order chi connectivity index (χ1) is 8.83. The molecular formula is C15H23ClN2O. The fourth-order valence-corrected chi connectivity index (χ4v) is 1.69. The molecule has 0 bridgehead atoms. The molecule has 106 valence electrons. The van der Waals surface area contributed by atoms with Gasteiger partial charge < -0.3 is 4.74 Å². The molecule has 0 aromatic rings. The number of hydrogen-bond acceptors (Lipinski definition) is 3. The summed E-state index contributed by atoms with van der Waals surface area (Å²) in [5.41, 5.74) is 1.14. The van der Waals surface area contributed by atoms with Crippen molar-refractivity contribution < 1.29 is 4.74 Å². The minimum Gasteiger partial charge on any atom is -0.501 e. The van der Waals surface area contributed by atoms with Crippen molar-refractivity contribution in [3.05, 3.63) is 35.8 Å². The second kappa shape index (κ2) is 8.70. The Kier molecular flexibility index (Phi) is 8.08. The number of methoxy groups -OCH3 is 1. The Hall–Kier alpha value is -1.35. The first kappa shape index (κ1) is 17.6. The van der Waals surface area contributed by atoms with Crippen molar-refractivity contribution in [2.75, 3.05) is 7.11 Å². The van der Waals surface area contributed by atoms with E-state index in [1.807, 2.05) is 39.8 Å². The molecule has 0 amide bonds. The number of aliphatic imine (C=N–C) groups is 2. The lowest BCUT2D eigenvalue weighted by atomic mass is 10.1. The SMILES string of the molecule is C=NC(=C)C(=C\C=C(\OC)C(C)C)/C(Cl)=N\C(C)C. The van der Waals surface area contributed by atoms with E-state index in [1.54, 1.807) is 7.11 Å². The fourth-order valence-electron chi connectivity index (χ4n) is 1.33. The number of hydrogen-bond donors (Lipinski definition) is 0. The topological polar surface area (TPSA) is 34.0 Å². The molecule has 4 heteroatoms. The average Bonchev–Trinajstić information content (AvgIpc) is 2.32. The lowest BCUT2D eigenvalue weighted by Crippen LogP contribution is -2.02. The van der Waals surface area contributed by atoms with Gasteiger partial charge in [0.15, 0.2) is 0 Å². The number of allylic oxidation sites excluding steroid dienone is 4. The van der Waals surface area contributed by atoms with Crippen LogP contribution in [-0.2, 0) is 4.74 Å². The van der Waals surface area contributed by atoms with Crippen LogP contribution in [0, 0.1) is 5.92 Å². The van der Waals surface area contributed by atoms with Gasteiger partial charge in [-0.15, -0.1) is 0 Å². The number of halogens is 1. The Balaban J connectivity index is 5.50. The van der Waals surface area contributed by atoms with Gasteiger partial charge in [0, 0.05) is 17.5 Å². The second-order valence-corrected chi connectivity index (χ2v) is 4.98. The molecule has 0 unspecified atom stereocenters. The lowest BCUT2D eigenvalue weighted by Gasteiger charge is -2.09. The van der Waals surface area contributed by atoms with Crippen molar-refractivity contribution in [3.8, 4) is 0 Å². The van der Waals surface area contributed by atoms with Gasteiger partial charge in [-0.2, -0.15) is 0 Å². The zero-order valence-electron chi connectivity index (χ0n) is 12.4. The molecule has 0 aromatic heterocycles. The molecule has 0 heterocycles. The highest BCUT2D eigenvalue weighted by Crippen LogP contribution is 2.17. The third kappa shape index (κ3) is 6.39. The van der Waals surface area contributed by atoms with Crippen LogP contribution in [0.25, 0.3) is 0 Å². The number of ether oxygens (including phenoxy) is 1. The Morgan fingerprint density at radius 3 is 2.16 bits per heavy atom. The molecule has 0 spiro atoms. The maximum Gasteiger partial charge on any atom is 0.133 e. The molecule has 0 aromatic carbocycles. The Bertz CT molecular complexity index is 418. The van der Waals surface area contributed by atoms with Crippen LogP contribution in [0.2, 0.25) is 0 Å². The molecule has 0 atom stereocenters. The largest absolute Gasteiger partial charge is 0.501 e. The third-order valence-electron chi connectivity index (χ3n) is 2.31. The zero-order valence-corrected chi connectivity index (χ0v) is 13.2. The zero-order chi connectivity index (χ0) is 15.0. The Morgan fingerprint density at radius 2 is 1.79 bits per heavy atom. The smallest absolute Gasteiger partial charge is 0.133 e. The molecule has 0 aliphatic rings. The summed E-state index contributed by atoms with van der Waals surface area (Å²) in [6, 6.07) is 0.101. The molecule has 0 aliphatic heterocycles. The molecule has 0 aliphatic carbocycles. The quantitative estimate of drug-likeness (QED) is 0.388. The standard InChI is InChI=1S/C15H23ClN2O/c1-10(2)14(19-7)9-8-13(12(5)17-6)15(16)18-11(3)4/h8-11H,5-6H2,1-4,7H3/b13-8+,14-9+,18-15+. The van der Waals surface area contributed by atoms with Crippen LogP contribution >= 0.6 is 11.6 Å². The van der Waals surface area contributed by atoms with E-state index in [-0.39, 0.29) is 12.0 Å². The summed E-state index contributed by atoms with van der Waals surface area (Å²) in [6.45, 7) is 15.3. The van der Waals surface area contributed by atoms with Gasteiger partial charge in [0.05, 0.1) is 18.6 Å². The van der Waals surface area contributed by atoms with E-state index in [1.165, 1.54) is 0 Å². The lowest BCUT2D eigenvalue weighted by molar-refractivity contribution is 0.254. The minimum absolute atomic E-state index is 0.101. The fraction of sp³-hybridized carbons (Fsp3) is 0.467. The van der Waals surface area contributed by atoms with Gasteiger partial charge in [-0.3, -0.25) is 9.98 Å². The maximum atomic E-state index is 6.18. The van der Waals surface area contributed by atoms with Crippen molar-refractivity contribution in [3.63, 3.8) is 0 Å². The van der Waals surface area contributed by atoms with Crippen LogP contribution in [0.5, 0.6) is 0 Å². The predicted octanol–water partition coefficient (Wildman–Crippen LogP) is 4.36. The summed E-state index contributed by atoms with van der Waals surface area (Å²) in [7, 11) is 1.64. The van der Waals surface area contributed by atoms with E-state index < -0.39 is 0 Å². The monoisotopic (exact) mass is 282 g/mol. The van der Waals surface area contributed by atoms with E-state index in [0.717, 1.165) is 5.76 Å². The van der Waals surface area contributed by atoms with Crippen LogP contribution < -0.4 is 0 Å². The first-order valence-electron chi connectivity index (χ1n) is 6.19. The Labute approximate surface area is 121 Å². The molecule has 0 saturated carbocycles. The van der Waals surface area contributed by atoms with Gasteiger partial charge in [0.25, 0.3) is 0 Å². The van der Waals surface area contributed by atoms with E-state index in [4.69, 9.17) is 16.3 Å². The van der Waals surface area contributed by atoms with Gasteiger partial charge in [0.1, 0.15) is 5.17 Å². The van der Waals surface area contributed by atoms with Crippen molar-refractivity contribution in [1.29, 1.82) is 0 Å². The highest BCUT2D eigenvalue weighted by Gasteiger charge is 2.08. The maximum absolute atomic E-state index is 6.18. The van der Waals surface area contributed by atoms with Crippen LogP contribution in [0.4, 0.5) is 0 Å². The van der Waals surface area contributed by atoms with E-state index in [2.05, 4.69) is 23.3 Å². The summed E-state index contributed by atoms with van der Waals surface area (Å²) in [4.78, 5) is 8.11. The molecule has 0 N–H and O–H groups in total. The van der Waals surface area contributed by atoms with E-state index in [0.29, 0.717) is 16.4 Å². The van der Waals surface area contributed by atoms with Crippen molar-refractivity contribution in [1.82, 2.24) is 0 Å². The number of nitrogens with zero attached hydrogens (tertiary/aromatic N) is 2. The molecule has 19 heavy (non-hydrogen) atoms. The molecular weight excluding hydrogens is 260 g/mol. The van der Waals surface area contributed by atoms with Crippen molar-refractivity contribution in [2.45, 2.75) is 33.7 Å². The van der Waals surface area contributed by atoms with E-state index >= 15 is 0 Å². The normalized spacial score (nSPS) is 14.0. The second-order valence-electron chi connectivity index (χ2n) is 4.63. The molecule has 0 rings (SSSR count). The highest BCUT2D eigenvalue weighted by atomic mass is 35.5. The molecule has 0 saturated heterocycles. The van der Waals surface area contributed by atoms with Gasteiger partial charge in [-0.05, 0) is 32.7 Å². The molecule has 0 fully saturated rings. The van der Waals surface area contributed by atoms with Gasteiger partial charge in [-0.1, -0.05) is 32.0 Å². The van der Waals surface area contributed by atoms with Gasteiger partial charge >= 0.3 is 0 Å². The predicted molar refractivity (Wildman–Crippen MR) is 85.1 cm³/mol. The summed E-state index contributed by atoms with van der Waals surface area (Å²) in [5.74, 6) is 1.14. The van der Waals surface area contributed by atoms with Crippen LogP contribution in [0.1, 0.15) is 27.7 Å². The van der Waals surface area contributed by atoms with E-state index in [9.17, 15) is 0 Å². The molecule has 3 nitrogen and oxygen atoms in total. The average molecular weight is 283 g/mol. The van der Waals surface area contributed by atoms with Crippen LogP contribution in [0.3, 0.4) is 0 Å². The summed E-state index contributed by atoms with van der Waals surface area (Å²) in [5, 5.41) is 0.378. The Morgan fingerprint density at radius 1 is 1.21 bits per heavy atom.